The number of nitrogens with zero attached hydrogens (tertiary/aromatic N) is 2. The van der Waals surface area contributed by atoms with Crippen molar-refractivity contribution in [3.8, 4) is 0 Å². The van der Waals surface area contributed by atoms with Crippen LogP contribution in [0.1, 0.15) is 23.7 Å². The predicted molar refractivity (Wildman–Crippen MR) is 79.4 cm³/mol. The Kier molecular flexibility index (Phi) is 5.15. The highest BCUT2D eigenvalue weighted by Gasteiger charge is 2.15. The second-order valence-electron chi connectivity index (χ2n) is 4.28. The number of anilines is 1. The van der Waals surface area contributed by atoms with Crippen LogP contribution in [0.3, 0.4) is 0 Å². The lowest BCUT2D eigenvalue weighted by Crippen LogP contribution is -2.26. The molecule has 0 aliphatic rings. The number of rotatable bonds is 5. The molecule has 1 heterocycles. The fraction of sp³-hybridized carbons (Fsp3) is 0.545. The van der Waals surface area contributed by atoms with E-state index in [-0.39, 0.29) is 11.0 Å². The van der Waals surface area contributed by atoms with Crippen LogP contribution in [0, 0.1) is 13.8 Å². The SMILES string of the molecule is Cc1nnc(NC(C)CS(C)=O)c(C(N)=S)c1C. The van der Waals surface area contributed by atoms with E-state index in [1.54, 1.807) is 6.26 Å². The maximum atomic E-state index is 11.2. The van der Waals surface area contributed by atoms with Crippen molar-refractivity contribution in [3.63, 3.8) is 0 Å². The first kappa shape index (κ1) is 15.0. The Morgan fingerprint density at radius 1 is 1.50 bits per heavy atom. The van der Waals surface area contributed by atoms with Crippen molar-refractivity contribution in [2.24, 2.45) is 5.73 Å². The lowest BCUT2D eigenvalue weighted by Gasteiger charge is -2.17. The minimum Gasteiger partial charge on any atom is -0.389 e. The fourth-order valence-electron chi connectivity index (χ4n) is 1.64. The highest BCUT2D eigenvalue weighted by atomic mass is 32.2. The van der Waals surface area contributed by atoms with Crippen LogP contribution >= 0.6 is 12.2 Å². The van der Waals surface area contributed by atoms with E-state index in [1.165, 1.54) is 0 Å². The molecule has 0 aliphatic heterocycles. The zero-order valence-corrected chi connectivity index (χ0v) is 12.6. The molecule has 1 rings (SSSR count). The van der Waals surface area contributed by atoms with Crippen molar-refractivity contribution in [3.05, 3.63) is 16.8 Å². The molecule has 0 amide bonds. The zero-order chi connectivity index (χ0) is 13.9. The van der Waals surface area contributed by atoms with Gasteiger partial charge >= 0.3 is 0 Å². The topological polar surface area (TPSA) is 80.9 Å². The van der Waals surface area contributed by atoms with Crippen molar-refractivity contribution in [2.75, 3.05) is 17.3 Å². The van der Waals surface area contributed by atoms with Crippen molar-refractivity contribution < 1.29 is 4.21 Å². The number of hydrogen-bond donors (Lipinski definition) is 2. The van der Waals surface area contributed by atoms with Gasteiger partial charge < -0.3 is 11.1 Å². The summed E-state index contributed by atoms with van der Waals surface area (Å²) in [7, 11) is -0.871. The van der Waals surface area contributed by atoms with E-state index >= 15 is 0 Å². The second kappa shape index (κ2) is 6.19. The van der Waals surface area contributed by atoms with Gasteiger partial charge in [0.15, 0.2) is 5.82 Å². The summed E-state index contributed by atoms with van der Waals surface area (Å²) < 4.78 is 11.2. The molecule has 1 aromatic heterocycles. The predicted octanol–water partition coefficient (Wildman–Crippen LogP) is 0.907. The van der Waals surface area contributed by atoms with E-state index in [1.807, 2.05) is 20.8 Å². The molecule has 2 atom stereocenters. The molecule has 2 unspecified atom stereocenters. The first-order valence-corrected chi connectivity index (χ1v) is 7.66. The summed E-state index contributed by atoms with van der Waals surface area (Å²) in [6.45, 7) is 5.70. The van der Waals surface area contributed by atoms with Crippen molar-refractivity contribution in [2.45, 2.75) is 26.8 Å². The first-order valence-electron chi connectivity index (χ1n) is 5.53. The molecule has 0 saturated carbocycles. The van der Waals surface area contributed by atoms with Crippen LogP contribution in [-0.4, -0.2) is 37.4 Å². The minimum absolute atomic E-state index is 0.0142. The zero-order valence-electron chi connectivity index (χ0n) is 11.0. The standard InChI is InChI=1S/C11H18N4OS2/c1-6(5-18(4)16)13-11-9(10(12)17)7(2)8(3)14-15-11/h6H,5H2,1-4H3,(H2,12,17)(H,13,15). The molecule has 3 N–H and O–H groups in total. The molecule has 0 bridgehead atoms. The van der Waals surface area contributed by atoms with Gasteiger partial charge in [-0.2, -0.15) is 5.10 Å². The highest BCUT2D eigenvalue weighted by Crippen LogP contribution is 2.19. The Hall–Kier alpha value is -1.08. The summed E-state index contributed by atoms with van der Waals surface area (Å²) in [6, 6.07) is 0.0142. The molecule has 18 heavy (non-hydrogen) atoms. The van der Waals surface area contributed by atoms with Crippen molar-refractivity contribution in [1.29, 1.82) is 0 Å². The third-order valence-corrected chi connectivity index (χ3v) is 3.74. The summed E-state index contributed by atoms with van der Waals surface area (Å²) in [5.41, 5.74) is 8.16. The molecule has 0 fully saturated rings. The van der Waals surface area contributed by atoms with E-state index in [9.17, 15) is 4.21 Å². The molecule has 7 heteroatoms. The number of aryl methyl sites for hydroxylation is 1. The molecule has 0 spiro atoms. The normalized spacial score (nSPS) is 14.0. The van der Waals surface area contributed by atoms with Crippen molar-refractivity contribution >= 4 is 33.8 Å². The highest BCUT2D eigenvalue weighted by molar-refractivity contribution is 7.84. The van der Waals surface area contributed by atoms with Crippen LogP contribution in [0.5, 0.6) is 0 Å². The molecule has 5 nitrogen and oxygen atoms in total. The second-order valence-corrected chi connectivity index (χ2v) is 6.20. The largest absolute Gasteiger partial charge is 0.389 e. The molecular formula is C11H18N4OS2. The number of hydrogen-bond acceptors (Lipinski definition) is 5. The molecule has 0 saturated heterocycles. The summed E-state index contributed by atoms with van der Waals surface area (Å²) >= 11 is 5.05. The summed E-state index contributed by atoms with van der Waals surface area (Å²) in [6.07, 6.45) is 1.67. The van der Waals surface area contributed by atoms with E-state index in [0.717, 1.165) is 11.3 Å². The van der Waals surface area contributed by atoms with Gasteiger partial charge in [0.25, 0.3) is 0 Å². The van der Waals surface area contributed by atoms with Gasteiger partial charge in [0, 0.05) is 28.9 Å². The van der Waals surface area contributed by atoms with E-state index in [0.29, 0.717) is 17.1 Å². The summed E-state index contributed by atoms with van der Waals surface area (Å²) in [5.74, 6) is 1.09. The van der Waals surface area contributed by atoms with Gasteiger partial charge in [-0.1, -0.05) is 12.2 Å². The average molecular weight is 286 g/mol. The van der Waals surface area contributed by atoms with E-state index in [2.05, 4.69) is 15.5 Å². The molecular weight excluding hydrogens is 268 g/mol. The Bertz CT molecular complexity index is 490. The summed E-state index contributed by atoms with van der Waals surface area (Å²) in [5, 5.41) is 11.3. The van der Waals surface area contributed by atoms with Gasteiger partial charge in [0.2, 0.25) is 0 Å². The molecule has 0 radical (unpaired) electrons. The van der Waals surface area contributed by atoms with Gasteiger partial charge in [-0.15, -0.1) is 5.10 Å². The smallest absolute Gasteiger partial charge is 0.159 e. The average Bonchev–Trinajstić information content (AvgIpc) is 2.21. The van der Waals surface area contributed by atoms with Gasteiger partial charge in [0.05, 0.1) is 11.3 Å². The van der Waals surface area contributed by atoms with E-state index < -0.39 is 10.8 Å². The molecule has 100 valence electrons. The maximum Gasteiger partial charge on any atom is 0.159 e. The Balaban J connectivity index is 3.06. The minimum atomic E-state index is -0.871. The van der Waals surface area contributed by atoms with Crippen LogP contribution < -0.4 is 11.1 Å². The van der Waals surface area contributed by atoms with Crippen molar-refractivity contribution in [1.82, 2.24) is 10.2 Å². The van der Waals surface area contributed by atoms with Crippen LogP contribution in [0.25, 0.3) is 0 Å². The molecule has 1 aromatic rings. The summed E-state index contributed by atoms with van der Waals surface area (Å²) in [4.78, 5) is 0.290. The van der Waals surface area contributed by atoms with E-state index in [4.69, 9.17) is 18.0 Å². The first-order chi connectivity index (χ1) is 8.32. The molecule has 0 aliphatic carbocycles. The van der Waals surface area contributed by atoms with Crippen LogP contribution in [-0.2, 0) is 10.8 Å². The maximum absolute atomic E-state index is 11.2. The van der Waals surface area contributed by atoms with Crippen LogP contribution in [0.2, 0.25) is 0 Å². The fourth-order valence-corrected chi connectivity index (χ4v) is 2.68. The third-order valence-electron chi connectivity index (χ3n) is 2.57. The third kappa shape index (κ3) is 3.71. The number of nitrogens with one attached hydrogen (secondary N) is 1. The number of aromatic nitrogens is 2. The van der Waals surface area contributed by atoms with Gasteiger partial charge in [0.1, 0.15) is 4.99 Å². The van der Waals surface area contributed by atoms with Gasteiger partial charge in [-0.05, 0) is 26.3 Å². The Labute approximate surface area is 115 Å². The van der Waals surface area contributed by atoms with Crippen LogP contribution in [0.15, 0.2) is 0 Å². The van der Waals surface area contributed by atoms with Crippen LogP contribution in [0.4, 0.5) is 5.82 Å². The Morgan fingerprint density at radius 2 is 2.11 bits per heavy atom. The number of thiocarbonyl (C=S) groups is 1. The monoisotopic (exact) mass is 286 g/mol. The lowest BCUT2D eigenvalue weighted by atomic mass is 10.1. The number of nitrogens with two attached hydrogens (primary N) is 1. The van der Waals surface area contributed by atoms with Gasteiger partial charge in [-0.3, -0.25) is 4.21 Å². The lowest BCUT2D eigenvalue weighted by molar-refractivity contribution is 0.682. The molecule has 0 aromatic carbocycles. The Morgan fingerprint density at radius 3 is 2.61 bits per heavy atom. The quantitative estimate of drug-likeness (QED) is 0.783. The van der Waals surface area contributed by atoms with Gasteiger partial charge in [-0.25, -0.2) is 0 Å².